The van der Waals surface area contributed by atoms with Gasteiger partial charge in [-0.15, -0.1) is 0 Å². The Morgan fingerprint density at radius 2 is 2.20 bits per heavy atom. The average molecular weight is 295 g/mol. The van der Waals surface area contributed by atoms with Gasteiger partial charge in [-0.25, -0.2) is 5.43 Å². The van der Waals surface area contributed by atoms with Crippen molar-refractivity contribution in [1.82, 2.24) is 15.8 Å². The molecule has 0 aliphatic carbocycles. The van der Waals surface area contributed by atoms with Gasteiger partial charge in [0.2, 0.25) is 5.91 Å². The molecule has 3 atom stereocenters. The second kappa shape index (κ2) is 5.69. The first-order chi connectivity index (χ1) is 9.66. The predicted molar refractivity (Wildman–Crippen MR) is 78.0 cm³/mol. The highest BCUT2D eigenvalue weighted by atomic mass is 35.5. The summed E-state index contributed by atoms with van der Waals surface area (Å²) >= 11 is 6.24. The summed E-state index contributed by atoms with van der Waals surface area (Å²) in [5.74, 6) is 0.0144. The molecule has 1 amide bonds. The average Bonchev–Trinajstić information content (AvgIpc) is 3.07. The van der Waals surface area contributed by atoms with Gasteiger partial charge >= 0.3 is 0 Å². The normalized spacial score (nSPS) is 29.9. The number of nitrogens with two attached hydrogens (primary N) is 1. The van der Waals surface area contributed by atoms with E-state index < -0.39 is 0 Å². The Hall–Kier alpha value is -1.14. The van der Waals surface area contributed by atoms with Crippen LogP contribution in [0.25, 0.3) is 0 Å². The lowest BCUT2D eigenvalue weighted by atomic mass is 9.93. The van der Waals surface area contributed by atoms with Gasteiger partial charge in [-0.05, 0) is 18.1 Å². The van der Waals surface area contributed by atoms with E-state index in [-0.39, 0.29) is 23.9 Å². The minimum atomic E-state index is -0.139. The monoisotopic (exact) mass is 294 g/mol. The van der Waals surface area contributed by atoms with E-state index in [1.807, 2.05) is 29.2 Å². The van der Waals surface area contributed by atoms with Gasteiger partial charge in [0.25, 0.3) is 0 Å². The van der Waals surface area contributed by atoms with E-state index in [1.165, 1.54) is 0 Å². The quantitative estimate of drug-likeness (QED) is 0.750. The van der Waals surface area contributed by atoms with E-state index in [2.05, 4.69) is 10.9 Å². The third-order valence-electron chi connectivity index (χ3n) is 4.08. The molecule has 0 aromatic heterocycles. The number of nitrogens with one attached hydrogen (secondary N) is 2. The Labute approximate surface area is 123 Å². The zero-order chi connectivity index (χ0) is 14.1. The van der Waals surface area contributed by atoms with Crippen LogP contribution in [0.4, 0.5) is 0 Å². The summed E-state index contributed by atoms with van der Waals surface area (Å²) in [4.78, 5) is 14.5. The van der Waals surface area contributed by atoms with Crippen LogP contribution < -0.4 is 16.6 Å². The SMILES string of the molecule is N[C@@H]1CCN(C(=O)C2CNNC2c2ccccc2Cl)C1. The van der Waals surface area contributed by atoms with Gasteiger partial charge in [0.15, 0.2) is 0 Å². The zero-order valence-electron chi connectivity index (χ0n) is 11.2. The number of hydrogen-bond donors (Lipinski definition) is 3. The molecule has 0 radical (unpaired) electrons. The van der Waals surface area contributed by atoms with Gasteiger partial charge in [0, 0.05) is 30.7 Å². The second-order valence-electron chi connectivity index (χ2n) is 5.46. The number of halogens is 1. The Bertz CT molecular complexity index is 510. The van der Waals surface area contributed by atoms with Gasteiger partial charge in [-0.1, -0.05) is 29.8 Å². The summed E-state index contributed by atoms with van der Waals surface area (Å²) in [6, 6.07) is 7.67. The molecule has 0 spiro atoms. The van der Waals surface area contributed by atoms with Crippen LogP contribution in [0.5, 0.6) is 0 Å². The standard InChI is InChI=1S/C14H19ClN4O/c15-12-4-2-1-3-10(12)13-11(7-17-18-13)14(20)19-6-5-9(16)8-19/h1-4,9,11,13,17-18H,5-8,16H2/t9-,11?,13?/m1/s1. The fraction of sp³-hybridized carbons (Fsp3) is 0.500. The van der Waals surface area contributed by atoms with Crippen molar-refractivity contribution < 1.29 is 4.79 Å². The number of nitrogens with zero attached hydrogens (tertiary/aromatic N) is 1. The van der Waals surface area contributed by atoms with Gasteiger partial charge in [-0.3, -0.25) is 10.2 Å². The van der Waals surface area contributed by atoms with E-state index in [4.69, 9.17) is 17.3 Å². The molecule has 2 unspecified atom stereocenters. The molecule has 20 heavy (non-hydrogen) atoms. The van der Waals surface area contributed by atoms with Crippen molar-refractivity contribution in [1.29, 1.82) is 0 Å². The number of hydrazine groups is 1. The fourth-order valence-electron chi connectivity index (χ4n) is 2.97. The summed E-state index contributed by atoms with van der Waals surface area (Å²) in [5.41, 5.74) is 13.1. The first-order valence-electron chi connectivity index (χ1n) is 6.94. The van der Waals surface area contributed by atoms with Crippen molar-refractivity contribution in [3.05, 3.63) is 34.9 Å². The molecule has 2 aliphatic rings. The number of benzene rings is 1. The highest BCUT2D eigenvalue weighted by molar-refractivity contribution is 6.31. The number of carbonyl (C=O) groups is 1. The second-order valence-corrected chi connectivity index (χ2v) is 5.87. The Kier molecular flexibility index (Phi) is 3.94. The molecule has 1 aromatic carbocycles. The van der Waals surface area contributed by atoms with Crippen LogP contribution in [0.3, 0.4) is 0 Å². The summed E-state index contributed by atoms with van der Waals surface area (Å²) < 4.78 is 0. The molecule has 108 valence electrons. The summed E-state index contributed by atoms with van der Waals surface area (Å²) in [5, 5.41) is 0.685. The maximum absolute atomic E-state index is 12.6. The van der Waals surface area contributed by atoms with Gasteiger partial charge < -0.3 is 10.6 Å². The van der Waals surface area contributed by atoms with Crippen LogP contribution in [0, 0.1) is 5.92 Å². The molecule has 2 heterocycles. The smallest absolute Gasteiger partial charge is 0.229 e. The molecular formula is C14H19ClN4O. The third kappa shape index (κ3) is 2.54. The minimum absolute atomic E-state index is 0.0898. The number of likely N-dealkylation sites (tertiary alicyclic amines) is 1. The molecule has 3 rings (SSSR count). The van der Waals surface area contributed by atoms with E-state index in [0.29, 0.717) is 18.1 Å². The fourth-order valence-corrected chi connectivity index (χ4v) is 3.22. The molecule has 5 nitrogen and oxygen atoms in total. The first kappa shape index (κ1) is 13.8. The van der Waals surface area contributed by atoms with Crippen LogP contribution in [0.15, 0.2) is 24.3 Å². The van der Waals surface area contributed by atoms with Crippen LogP contribution in [0.2, 0.25) is 5.02 Å². The number of hydrogen-bond acceptors (Lipinski definition) is 4. The molecular weight excluding hydrogens is 276 g/mol. The molecule has 6 heteroatoms. The minimum Gasteiger partial charge on any atom is -0.341 e. The summed E-state index contributed by atoms with van der Waals surface area (Å²) in [7, 11) is 0. The van der Waals surface area contributed by atoms with Crippen molar-refractivity contribution in [3.63, 3.8) is 0 Å². The maximum atomic E-state index is 12.6. The van der Waals surface area contributed by atoms with Gasteiger partial charge in [-0.2, -0.15) is 0 Å². The van der Waals surface area contributed by atoms with Crippen LogP contribution in [-0.4, -0.2) is 36.5 Å². The molecule has 2 aliphatic heterocycles. The maximum Gasteiger partial charge on any atom is 0.229 e. The van der Waals surface area contributed by atoms with Crippen LogP contribution in [-0.2, 0) is 4.79 Å². The topological polar surface area (TPSA) is 70.4 Å². The summed E-state index contributed by atoms with van der Waals surface area (Å²) in [6.45, 7) is 2.02. The molecule has 2 saturated heterocycles. The molecule has 0 bridgehead atoms. The van der Waals surface area contributed by atoms with Gasteiger partial charge in [0.05, 0.1) is 12.0 Å². The highest BCUT2D eigenvalue weighted by Crippen LogP contribution is 2.31. The Morgan fingerprint density at radius 3 is 2.90 bits per heavy atom. The Balaban J connectivity index is 1.79. The number of amides is 1. The molecule has 0 saturated carbocycles. The van der Waals surface area contributed by atoms with Crippen molar-refractivity contribution >= 4 is 17.5 Å². The number of rotatable bonds is 2. The molecule has 1 aromatic rings. The lowest BCUT2D eigenvalue weighted by Gasteiger charge is -2.24. The molecule has 4 N–H and O–H groups in total. The van der Waals surface area contributed by atoms with Crippen molar-refractivity contribution in [2.45, 2.75) is 18.5 Å². The number of carbonyl (C=O) groups excluding carboxylic acids is 1. The lowest BCUT2D eigenvalue weighted by Crippen LogP contribution is -2.39. The lowest BCUT2D eigenvalue weighted by molar-refractivity contribution is -0.134. The largest absolute Gasteiger partial charge is 0.341 e. The predicted octanol–water partition coefficient (Wildman–Crippen LogP) is 0.665. The Morgan fingerprint density at radius 1 is 1.40 bits per heavy atom. The third-order valence-corrected chi connectivity index (χ3v) is 4.42. The van der Waals surface area contributed by atoms with Crippen molar-refractivity contribution in [2.75, 3.05) is 19.6 Å². The van der Waals surface area contributed by atoms with E-state index in [1.54, 1.807) is 0 Å². The first-order valence-corrected chi connectivity index (χ1v) is 7.32. The van der Waals surface area contributed by atoms with Gasteiger partial charge in [0.1, 0.15) is 0 Å². The van der Waals surface area contributed by atoms with Crippen molar-refractivity contribution in [2.24, 2.45) is 11.7 Å². The van der Waals surface area contributed by atoms with E-state index in [9.17, 15) is 4.79 Å². The summed E-state index contributed by atoms with van der Waals surface area (Å²) in [6.07, 6.45) is 0.885. The van der Waals surface area contributed by atoms with Crippen LogP contribution in [0.1, 0.15) is 18.0 Å². The zero-order valence-corrected chi connectivity index (χ0v) is 11.9. The van der Waals surface area contributed by atoms with Crippen LogP contribution >= 0.6 is 11.6 Å². The van der Waals surface area contributed by atoms with E-state index >= 15 is 0 Å². The highest BCUT2D eigenvalue weighted by Gasteiger charge is 2.38. The van der Waals surface area contributed by atoms with Crippen molar-refractivity contribution in [3.8, 4) is 0 Å². The molecule has 2 fully saturated rings. The van der Waals surface area contributed by atoms with E-state index in [0.717, 1.165) is 18.5 Å².